The van der Waals surface area contributed by atoms with E-state index in [-0.39, 0.29) is 5.91 Å². The van der Waals surface area contributed by atoms with Crippen molar-refractivity contribution in [3.8, 4) is 0 Å². The summed E-state index contributed by atoms with van der Waals surface area (Å²) in [6.45, 7) is 6.22. The Bertz CT molecular complexity index is 445. The number of aromatic nitrogens is 1. The zero-order valence-corrected chi connectivity index (χ0v) is 11.9. The van der Waals surface area contributed by atoms with Crippen LogP contribution in [0.15, 0.2) is 18.3 Å². The summed E-state index contributed by atoms with van der Waals surface area (Å²) >= 11 is 0. The van der Waals surface area contributed by atoms with Gasteiger partial charge in [-0.25, -0.2) is 10.8 Å². The minimum atomic E-state index is -0.140. The average molecular weight is 277 g/mol. The summed E-state index contributed by atoms with van der Waals surface area (Å²) in [6, 6.07) is 3.44. The molecule has 0 saturated carbocycles. The molecule has 1 aromatic rings. The van der Waals surface area contributed by atoms with Gasteiger partial charge in [0.2, 0.25) is 0 Å². The van der Waals surface area contributed by atoms with Gasteiger partial charge in [-0.15, -0.1) is 0 Å². The molecule has 0 radical (unpaired) electrons. The van der Waals surface area contributed by atoms with Gasteiger partial charge < -0.3 is 15.6 Å². The zero-order valence-electron chi connectivity index (χ0n) is 11.9. The van der Waals surface area contributed by atoms with Gasteiger partial charge in [0.1, 0.15) is 0 Å². The molecule has 2 heterocycles. The lowest BCUT2D eigenvalue weighted by molar-refractivity contribution is 0.0945. The third kappa shape index (κ3) is 3.91. The number of nitrogens with zero attached hydrogens (tertiary/aromatic N) is 2. The van der Waals surface area contributed by atoms with E-state index in [4.69, 9.17) is 5.84 Å². The number of likely N-dealkylation sites (tertiary alicyclic amines) is 1. The molecule has 1 aliphatic heterocycles. The van der Waals surface area contributed by atoms with Crippen molar-refractivity contribution in [3.63, 3.8) is 0 Å². The number of anilines is 1. The van der Waals surface area contributed by atoms with Crippen molar-refractivity contribution in [3.05, 3.63) is 23.9 Å². The molecule has 1 amide bonds. The van der Waals surface area contributed by atoms with E-state index in [9.17, 15) is 4.79 Å². The molecule has 0 bridgehead atoms. The van der Waals surface area contributed by atoms with E-state index >= 15 is 0 Å². The Morgan fingerprint density at radius 3 is 2.95 bits per heavy atom. The van der Waals surface area contributed by atoms with Gasteiger partial charge in [0.05, 0.1) is 5.56 Å². The first-order valence-corrected chi connectivity index (χ1v) is 7.13. The largest absolute Gasteiger partial charge is 0.352 e. The molecule has 4 N–H and O–H groups in total. The highest BCUT2D eigenvalue weighted by molar-refractivity contribution is 5.98. The summed E-state index contributed by atoms with van der Waals surface area (Å²) in [7, 11) is 0. The Hall–Kier alpha value is -1.66. The predicted octanol–water partition coefficient (Wildman–Crippen LogP) is 0.829. The van der Waals surface area contributed by atoms with Crippen molar-refractivity contribution in [2.75, 3.05) is 31.6 Å². The molecule has 6 heteroatoms. The number of carbonyl (C=O) groups excluding carboxylic acids is 1. The maximum atomic E-state index is 12.1. The first kappa shape index (κ1) is 14.7. The Balaban J connectivity index is 1.82. The van der Waals surface area contributed by atoms with Crippen LogP contribution in [0, 0.1) is 5.92 Å². The number of nitrogens with one attached hydrogen (secondary N) is 2. The highest BCUT2D eigenvalue weighted by Gasteiger charge is 2.16. The van der Waals surface area contributed by atoms with E-state index in [0.29, 0.717) is 23.8 Å². The summed E-state index contributed by atoms with van der Waals surface area (Å²) in [5.41, 5.74) is 2.92. The van der Waals surface area contributed by atoms with Crippen LogP contribution in [-0.2, 0) is 0 Å². The van der Waals surface area contributed by atoms with E-state index in [2.05, 4.69) is 27.6 Å². The number of nitrogens with two attached hydrogens (primary N) is 1. The minimum absolute atomic E-state index is 0.140. The van der Waals surface area contributed by atoms with E-state index in [1.807, 2.05) is 0 Å². The average Bonchev–Trinajstić information content (AvgIpc) is 2.97. The van der Waals surface area contributed by atoms with E-state index < -0.39 is 0 Å². The van der Waals surface area contributed by atoms with E-state index in [0.717, 1.165) is 6.54 Å². The van der Waals surface area contributed by atoms with Gasteiger partial charge in [-0.05, 0) is 44.0 Å². The van der Waals surface area contributed by atoms with Crippen LogP contribution >= 0.6 is 0 Å². The van der Waals surface area contributed by atoms with Crippen LogP contribution in [0.5, 0.6) is 0 Å². The van der Waals surface area contributed by atoms with Crippen molar-refractivity contribution < 1.29 is 4.79 Å². The molecule has 1 fully saturated rings. The molecule has 1 unspecified atom stereocenters. The van der Waals surface area contributed by atoms with Gasteiger partial charge in [0, 0.05) is 19.3 Å². The molecule has 1 atom stereocenters. The number of hydrogen-bond acceptors (Lipinski definition) is 5. The van der Waals surface area contributed by atoms with Crippen molar-refractivity contribution in [2.24, 2.45) is 11.8 Å². The Labute approximate surface area is 119 Å². The molecule has 1 saturated heterocycles. The summed E-state index contributed by atoms with van der Waals surface area (Å²) < 4.78 is 0. The van der Waals surface area contributed by atoms with Gasteiger partial charge >= 0.3 is 0 Å². The summed E-state index contributed by atoms with van der Waals surface area (Å²) in [5, 5.41) is 2.95. The fraction of sp³-hybridized carbons (Fsp3) is 0.571. The topological polar surface area (TPSA) is 83.3 Å². The monoisotopic (exact) mass is 277 g/mol. The van der Waals surface area contributed by atoms with E-state index in [1.54, 1.807) is 18.3 Å². The molecule has 110 valence electrons. The van der Waals surface area contributed by atoms with Gasteiger partial charge in [-0.2, -0.15) is 0 Å². The first-order valence-electron chi connectivity index (χ1n) is 7.13. The second-order valence-electron chi connectivity index (χ2n) is 5.37. The third-order valence-electron chi connectivity index (χ3n) is 3.57. The third-order valence-corrected chi connectivity index (χ3v) is 3.57. The number of amides is 1. The van der Waals surface area contributed by atoms with Gasteiger partial charge in [0.25, 0.3) is 5.91 Å². The molecule has 20 heavy (non-hydrogen) atoms. The smallest absolute Gasteiger partial charge is 0.255 e. The van der Waals surface area contributed by atoms with Crippen molar-refractivity contribution in [1.82, 2.24) is 15.2 Å². The number of rotatable bonds is 6. The Morgan fingerprint density at radius 1 is 1.50 bits per heavy atom. The molecular weight excluding hydrogens is 254 g/mol. The normalized spacial score (nSPS) is 16.9. The molecular formula is C14H23N5O. The second-order valence-corrected chi connectivity index (χ2v) is 5.37. The fourth-order valence-electron chi connectivity index (χ4n) is 2.54. The molecule has 1 aliphatic rings. The highest BCUT2D eigenvalue weighted by Crippen LogP contribution is 2.11. The predicted molar refractivity (Wildman–Crippen MR) is 79.2 cm³/mol. The lowest BCUT2D eigenvalue weighted by Crippen LogP contribution is -2.34. The minimum Gasteiger partial charge on any atom is -0.352 e. The molecule has 0 aromatic carbocycles. The van der Waals surface area contributed by atoms with Crippen molar-refractivity contribution in [1.29, 1.82) is 0 Å². The molecule has 6 nitrogen and oxygen atoms in total. The number of pyridine rings is 1. The van der Waals surface area contributed by atoms with Crippen LogP contribution in [0.25, 0.3) is 0 Å². The number of nitrogen functional groups attached to an aromatic ring is 1. The van der Waals surface area contributed by atoms with E-state index in [1.165, 1.54) is 25.9 Å². The maximum absolute atomic E-state index is 12.1. The van der Waals surface area contributed by atoms with Crippen molar-refractivity contribution in [2.45, 2.75) is 19.8 Å². The highest BCUT2D eigenvalue weighted by atomic mass is 16.1. The van der Waals surface area contributed by atoms with Crippen LogP contribution in [0.2, 0.25) is 0 Å². The van der Waals surface area contributed by atoms with Crippen LogP contribution in [0.4, 0.5) is 5.82 Å². The standard InChI is InChI=1S/C14H23N5O/c1-11(10-19-7-2-3-8-19)9-17-14(20)12-5-4-6-16-13(12)18-15/h4-6,11H,2-3,7-10,15H2,1H3,(H,16,18)(H,17,20). The van der Waals surface area contributed by atoms with Gasteiger partial charge in [-0.3, -0.25) is 4.79 Å². The summed E-state index contributed by atoms with van der Waals surface area (Å²) in [6.07, 6.45) is 4.18. The summed E-state index contributed by atoms with van der Waals surface area (Å²) in [5.74, 6) is 6.05. The number of hydrogen-bond donors (Lipinski definition) is 3. The van der Waals surface area contributed by atoms with Crippen LogP contribution in [-0.4, -0.2) is 42.0 Å². The SMILES string of the molecule is CC(CNC(=O)c1cccnc1NN)CN1CCCC1. The lowest BCUT2D eigenvalue weighted by atomic mass is 10.1. The lowest BCUT2D eigenvalue weighted by Gasteiger charge is -2.20. The van der Waals surface area contributed by atoms with Crippen molar-refractivity contribution >= 4 is 11.7 Å². The van der Waals surface area contributed by atoms with Crippen LogP contribution < -0.4 is 16.6 Å². The maximum Gasteiger partial charge on any atom is 0.255 e. The second kappa shape index (κ2) is 7.21. The Kier molecular flexibility index (Phi) is 5.31. The quantitative estimate of drug-likeness (QED) is 0.530. The molecule has 0 aliphatic carbocycles. The number of carbonyl (C=O) groups is 1. The van der Waals surface area contributed by atoms with Gasteiger partial charge in [0.15, 0.2) is 5.82 Å². The number of hydrazine groups is 1. The molecule has 1 aromatic heterocycles. The van der Waals surface area contributed by atoms with Crippen LogP contribution in [0.3, 0.4) is 0 Å². The molecule has 0 spiro atoms. The zero-order chi connectivity index (χ0) is 14.4. The summed E-state index contributed by atoms with van der Waals surface area (Å²) in [4.78, 5) is 18.6. The molecule has 2 rings (SSSR count). The van der Waals surface area contributed by atoms with Gasteiger partial charge in [-0.1, -0.05) is 6.92 Å². The Morgan fingerprint density at radius 2 is 2.25 bits per heavy atom. The first-order chi connectivity index (χ1) is 9.70. The van der Waals surface area contributed by atoms with Crippen LogP contribution in [0.1, 0.15) is 30.1 Å². The fourth-order valence-corrected chi connectivity index (χ4v) is 2.54.